The summed E-state index contributed by atoms with van der Waals surface area (Å²) >= 11 is 0. The summed E-state index contributed by atoms with van der Waals surface area (Å²) in [6.45, 7) is 4.73. The summed E-state index contributed by atoms with van der Waals surface area (Å²) in [4.78, 5) is 0. The van der Waals surface area contributed by atoms with E-state index < -0.39 is 0 Å². The summed E-state index contributed by atoms with van der Waals surface area (Å²) in [5.74, 6) is 0. The molecule has 0 spiro atoms. The van der Waals surface area contributed by atoms with E-state index in [0.29, 0.717) is 5.54 Å². The van der Waals surface area contributed by atoms with E-state index in [1.807, 2.05) is 0 Å². The number of hydrogen-bond acceptors (Lipinski definition) is 2. The second-order valence-corrected chi connectivity index (χ2v) is 5.07. The van der Waals surface area contributed by atoms with Crippen LogP contribution in [-0.4, -0.2) is 24.7 Å². The molecule has 1 heterocycles. The molecule has 2 rings (SSSR count). The molecule has 1 aliphatic carbocycles. The highest BCUT2D eigenvalue weighted by molar-refractivity contribution is 4.95. The van der Waals surface area contributed by atoms with Gasteiger partial charge in [0.15, 0.2) is 0 Å². The van der Waals surface area contributed by atoms with Gasteiger partial charge in [-0.2, -0.15) is 0 Å². The molecular weight excluding hydrogens is 172 g/mol. The molecule has 1 atom stereocenters. The minimum Gasteiger partial charge on any atom is -0.312 e. The maximum Gasteiger partial charge on any atom is 0.0306 e. The third-order valence-corrected chi connectivity index (χ3v) is 3.89. The molecule has 1 aliphatic heterocycles. The average Bonchev–Trinajstić information content (AvgIpc) is 2.52. The number of nitrogens with one attached hydrogen (secondary N) is 2. The highest BCUT2D eigenvalue weighted by Gasteiger charge is 2.33. The maximum atomic E-state index is 3.72. The van der Waals surface area contributed by atoms with E-state index >= 15 is 0 Å². The molecule has 1 saturated carbocycles. The van der Waals surface area contributed by atoms with Crippen LogP contribution in [0, 0.1) is 0 Å². The Kier molecular flexibility index (Phi) is 3.45. The van der Waals surface area contributed by atoms with Gasteiger partial charge >= 0.3 is 0 Å². The monoisotopic (exact) mass is 196 g/mol. The molecule has 0 aromatic carbocycles. The molecule has 1 saturated heterocycles. The first kappa shape index (κ1) is 10.4. The van der Waals surface area contributed by atoms with Crippen LogP contribution in [0.5, 0.6) is 0 Å². The van der Waals surface area contributed by atoms with Crippen LogP contribution >= 0.6 is 0 Å². The quantitative estimate of drug-likeness (QED) is 0.703. The van der Waals surface area contributed by atoms with E-state index in [4.69, 9.17) is 0 Å². The lowest BCUT2D eigenvalue weighted by Crippen LogP contribution is -2.51. The van der Waals surface area contributed by atoms with Crippen molar-refractivity contribution in [3.05, 3.63) is 0 Å². The Morgan fingerprint density at radius 3 is 2.71 bits per heavy atom. The highest BCUT2D eigenvalue weighted by atomic mass is 15.1. The Hall–Kier alpha value is -0.0800. The van der Waals surface area contributed by atoms with Crippen LogP contribution in [0.15, 0.2) is 0 Å². The molecule has 0 amide bonds. The summed E-state index contributed by atoms with van der Waals surface area (Å²) in [6.07, 6.45) is 9.63. The van der Waals surface area contributed by atoms with Crippen LogP contribution in [0.25, 0.3) is 0 Å². The Morgan fingerprint density at radius 1 is 1.36 bits per heavy atom. The SMILES string of the molecule is CCCC1(CNC2CCC2)CCCN1. The van der Waals surface area contributed by atoms with Gasteiger partial charge in [-0.05, 0) is 38.6 Å². The third-order valence-electron chi connectivity index (χ3n) is 3.89. The lowest BCUT2D eigenvalue weighted by Gasteiger charge is -2.34. The van der Waals surface area contributed by atoms with Crippen molar-refractivity contribution in [1.82, 2.24) is 10.6 Å². The van der Waals surface area contributed by atoms with E-state index in [0.717, 1.165) is 6.04 Å². The predicted octanol–water partition coefficient (Wildman–Crippen LogP) is 2.05. The van der Waals surface area contributed by atoms with Crippen molar-refractivity contribution >= 4 is 0 Å². The Bertz CT molecular complexity index is 169. The van der Waals surface area contributed by atoms with E-state index in [9.17, 15) is 0 Å². The fraction of sp³-hybridized carbons (Fsp3) is 1.00. The first-order valence-corrected chi connectivity index (χ1v) is 6.33. The summed E-state index contributed by atoms with van der Waals surface area (Å²) in [6, 6.07) is 0.839. The fourth-order valence-corrected chi connectivity index (χ4v) is 2.75. The molecule has 2 nitrogen and oxygen atoms in total. The van der Waals surface area contributed by atoms with Gasteiger partial charge < -0.3 is 10.6 Å². The van der Waals surface area contributed by atoms with Gasteiger partial charge in [-0.1, -0.05) is 19.8 Å². The molecule has 2 heteroatoms. The van der Waals surface area contributed by atoms with Crippen LogP contribution < -0.4 is 10.6 Å². The second-order valence-electron chi connectivity index (χ2n) is 5.07. The van der Waals surface area contributed by atoms with Gasteiger partial charge in [0.25, 0.3) is 0 Å². The second kappa shape index (κ2) is 4.63. The standard InChI is InChI=1S/C12H24N2/c1-2-7-12(8-4-9-14-12)10-13-11-5-3-6-11/h11,13-14H,2-10H2,1H3. The Balaban J connectivity index is 1.77. The van der Waals surface area contributed by atoms with E-state index in [2.05, 4.69) is 17.6 Å². The summed E-state index contributed by atoms with van der Waals surface area (Å²) in [5.41, 5.74) is 0.449. The van der Waals surface area contributed by atoms with Crippen LogP contribution in [-0.2, 0) is 0 Å². The van der Waals surface area contributed by atoms with Gasteiger partial charge in [0.1, 0.15) is 0 Å². The molecule has 0 radical (unpaired) electrons. The maximum absolute atomic E-state index is 3.72. The molecule has 14 heavy (non-hydrogen) atoms. The predicted molar refractivity (Wildman–Crippen MR) is 60.5 cm³/mol. The van der Waals surface area contributed by atoms with Crippen molar-refractivity contribution in [3.63, 3.8) is 0 Å². The zero-order valence-corrected chi connectivity index (χ0v) is 9.44. The van der Waals surface area contributed by atoms with Gasteiger partial charge in [-0.25, -0.2) is 0 Å². The van der Waals surface area contributed by atoms with Gasteiger partial charge in [0.2, 0.25) is 0 Å². The van der Waals surface area contributed by atoms with Crippen molar-refractivity contribution in [2.45, 2.75) is 63.5 Å². The molecule has 82 valence electrons. The summed E-state index contributed by atoms with van der Waals surface area (Å²) < 4.78 is 0. The van der Waals surface area contributed by atoms with Gasteiger partial charge in [-0.3, -0.25) is 0 Å². The smallest absolute Gasteiger partial charge is 0.0306 e. The highest BCUT2D eigenvalue weighted by Crippen LogP contribution is 2.25. The third kappa shape index (κ3) is 2.29. The lowest BCUT2D eigenvalue weighted by atomic mass is 9.88. The lowest BCUT2D eigenvalue weighted by molar-refractivity contribution is 0.266. The van der Waals surface area contributed by atoms with Gasteiger partial charge in [-0.15, -0.1) is 0 Å². The van der Waals surface area contributed by atoms with Crippen molar-refractivity contribution in [3.8, 4) is 0 Å². The minimum absolute atomic E-state index is 0.449. The zero-order valence-electron chi connectivity index (χ0n) is 9.44. The van der Waals surface area contributed by atoms with Gasteiger partial charge in [0.05, 0.1) is 0 Å². The van der Waals surface area contributed by atoms with Crippen molar-refractivity contribution in [2.75, 3.05) is 13.1 Å². The summed E-state index contributed by atoms with van der Waals surface area (Å²) in [7, 11) is 0. The minimum atomic E-state index is 0.449. The molecule has 2 fully saturated rings. The zero-order chi connectivity index (χ0) is 9.86. The number of hydrogen-bond donors (Lipinski definition) is 2. The largest absolute Gasteiger partial charge is 0.312 e. The van der Waals surface area contributed by atoms with Gasteiger partial charge in [0, 0.05) is 18.1 Å². The topological polar surface area (TPSA) is 24.1 Å². The molecule has 2 aliphatic rings. The van der Waals surface area contributed by atoms with Crippen molar-refractivity contribution in [1.29, 1.82) is 0 Å². The molecule has 0 aromatic heterocycles. The Labute approximate surface area is 87.8 Å². The molecule has 0 bridgehead atoms. The van der Waals surface area contributed by atoms with Crippen molar-refractivity contribution < 1.29 is 0 Å². The fourth-order valence-electron chi connectivity index (χ4n) is 2.75. The molecular formula is C12H24N2. The number of rotatable bonds is 5. The van der Waals surface area contributed by atoms with Crippen LogP contribution in [0.1, 0.15) is 51.9 Å². The van der Waals surface area contributed by atoms with Crippen LogP contribution in [0.3, 0.4) is 0 Å². The van der Waals surface area contributed by atoms with E-state index in [1.54, 1.807) is 0 Å². The van der Waals surface area contributed by atoms with Crippen LogP contribution in [0.4, 0.5) is 0 Å². The first-order chi connectivity index (χ1) is 6.85. The molecule has 2 N–H and O–H groups in total. The first-order valence-electron chi connectivity index (χ1n) is 6.33. The van der Waals surface area contributed by atoms with Crippen LogP contribution in [0.2, 0.25) is 0 Å². The van der Waals surface area contributed by atoms with E-state index in [-0.39, 0.29) is 0 Å². The Morgan fingerprint density at radius 2 is 2.21 bits per heavy atom. The van der Waals surface area contributed by atoms with Crippen molar-refractivity contribution in [2.24, 2.45) is 0 Å². The molecule has 1 unspecified atom stereocenters. The normalized spacial score (nSPS) is 33.2. The average molecular weight is 196 g/mol. The van der Waals surface area contributed by atoms with E-state index in [1.165, 1.54) is 58.0 Å². The molecule has 0 aromatic rings. The summed E-state index contributed by atoms with van der Waals surface area (Å²) in [5, 5.41) is 7.44.